The molecular formula is C22H28N2O. The van der Waals surface area contributed by atoms with Crippen molar-refractivity contribution in [2.45, 2.75) is 66.0 Å². The zero-order valence-electron chi connectivity index (χ0n) is 16.4. The van der Waals surface area contributed by atoms with E-state index in [0.717, 1.165) is 23.1 Å². The normalized spacial score (nSPS) is 21.3. The summed E-state index contributed by atoms with van der Waals surface area (Å²) in [4.78, 5) is 7.02. The van der Waals surface area contributed by atoms with Gasteiger partial charge in [-0.2, -0.15) is 0 Å². The quantitative estimate of drug-likeness (QED) is 0.539. The molecule has 4 rings (SSSR count). The highest BCUT2D eigenvalue weighted by molar-refractivity contribution is 6.07. The predicted octanol–water partition coefficient (Wildman–Crippen LogP) is 6.08. The standard InChI is InChI=1S/C22H28N2O/c1-14-16(24-21(4,5)13-20(2,3)22(24,6)7)10-11-17-18(14)15-9-8-12-23-19(15)25-17/h8-12H,13H2,1-7H3. The summed E-state index contributed by atoms with van der Waals surface area (Å²) in [6, 6.07) is 8.42. The van der Waals surface area contributed by atoms with Gasteiger partial charge in [0, 0.05) is 33.7 Å². The zero-order valence-corrected chi connectivity index (χ0v) is 16.4. The van der Waals surface area contributed by atoms with Gasteiger partial charge in [0.25, 0.3) is 0 Å². The van der Waals surface area contributed by atoms with E-state index in [0.29, 0.717) is 0 Å². The van der Waals surface area contributed by atoms with E-state index in [9.17, 15) is 0 Å². The third-order valence-corrected chi connectivity index (χ3v) is 6.58. The maximum atomic E-state index is 5.97. The number of aromatic nitrogens is 1. The lowest BCUT2D eigenvalue weighted by molar-refractivity contribution is 0.243. The number of aryl methyl sites for hydroxylation is 1. The summed E-state index contributed by atoms with van der Waals surface area (Å²) in [7, 11) is 0. The van der Waals surface area contributed by atoms with Gasteiger partial charge in [0.2, 0.25) is 5.71 Å². The molecular weight excluding hydrogens is 308 g/mol. The molecule has 0 amide bonds. The highest BCUT2D eigenvalue weighted by atomic mass is 16.3. The molecule has 1 saturated heterocycles. The van der Waals surface area contributed by atoms with Crippen molar-refractivity contribution in [3.05, 3.63) is 36.0 Å². The second-order valence-electron chi connectivity index (χ2n) is 9.31. The SMILES string of the molecule is Cc1c(N2C(C)(C)CC(C)(C)C2(C)C)ccc2oc3ncccc3c12. The van der Waals surface area contributed by atoms with Crippen LogP contribution in [0.1, 0.15) is 53.5 Å². The molecule has 3 aromatic rings. The molecule has 0 atom stereocenters. The van der Waals surface area contributed by atoms with E-state index in [2.05, 4.69) is 76.5 Å². The number of furan rings is 1. The number of rotatable bonds is 1. The molecule has 132 valence electrons. The van der Waals surface area contributed by atoms with Crippen molar-refractivity contribution < 1.29 is 4.42 Å². The summed E-state index contributed by atoms with van der Waals surface area (Å²) in [6.07, 6.45) is 2.95. The van der Waals surface area contributed by atoms with E-state index < -0.39 is 0 Å². The van der Waals surface area contributed by atoms with E-state index in [1.165, 1.54) is 16.6 Å². The van der Waals surface area contributed by atoms with Gasteiger partial charge in [-0.25, -0.2) is 4.98 Å². The first-order valence-corrected chi connectivity index (χ1v) is 9.13. The number of benzene rings is 1. The van der Waals surface area contributed by atoms with Crippen molar-refractivity contribution in [2.75, 3.05) is 4.90 Å². The van der Waals surface area contributed by atoms with E-state index in [-0.39, 0.29) is 16.5 Å². The molecule has 0 unspecified atom stereocenters. The van der Waals surface area contributed by atoms with Gasteiger partial charge in [0.05, 0.1) is 0 Å². The monoisotopic (exact) mass is 336 g/mol. The van der Waals surface area contributed by atoms with Gasteiger partial charge >= 0.3 is 0 Å². The van der Waals surface area contributed by atoms with Crippen LogP contribution in [-0.2, 0) is 0 Å². The number of hydrogen-bond acceptors (Lipinski definition) is 3. The molecule has 3 heterocycles. The first-order valence-electron chi connectivity index (χ1n) is 9.13. The lowest BCUT2D eigenvalue weighted by atomic mass is 9.74. The summed E-state index contributed by atoms with van der Waals surface area (Å²) in [5.41, 5.74) is 4.62. The van der Waals surface area contributed by atoms with Crippen molar-refractivity contribution in [1.82, 2.24) is 4.98 Å². The Morgan fingerprint density at radius 1 is 1.04 bits per heavy atom. The van der Waals surface area contributed by atoms with Crippen LogP contribution in [0.2, 0.25) is 0 Å². The fraction of sp³-hybridized carbons (Fsp3) is 0.500. The Bertz CT molecular complexity index is 978. The Morgan fingerprint density at radius 3 is 2.40 bits per heavy atom. The van der Waals surface area contributed by atoms with Gasteiger partial charge < -0.3 is 9.32 Å². The van der Waals surface area contributed by atoms with Crippen LogP contribution in [0.25, 0.3) is 22.1 Å². The van der Waals surface area contributed by atoms with Crippen LogP contribution in [0.5, 0.6) is 0 Å². The highest BCUT2D eigenvalue weighted by Crippen LogP contribution is 2.55. The molecule has 0 spiro atoms. The third kappa shape index (κ3) is 2.08. The van der Waals surface area contributed by atoms with Crippen LogP contribution in [-0.4, -0.2) is 16.1 Å². The molecule has 3 nitrogen and oxygen atoms in total. The number of pyridine rings is 1. The topological polar surface area (TPSA) is 29.3 Å². The smallest absolute Gasteiger partial charge is 0.227 e. The van der Waals surface area contributed by atoms with Crippen molar-refractivity contribution in [2.24, 2.45) is 5.41 Å². The maximum absolute atomic E-state index is 5.97. The molecule has 25 heavy (non-hydrogen) atoms. The van der Waals surface area contributed by atoms with Gasteiger partial charge in [-0.15, -0.1) is 0 Å². The highest BCUT2D eigenvalue weighted by Gasteiger charge is 2.56. The molecule has 0 saturated carbocycles. The average Bonchev–Trinajstić information content (AvgIpc) is 2.92. The molecule has 1 aliphatic rings. The first kappa shape index (κ1) is 16.4. The van der Waals surface area contributed by atoms with Gasteiger partial charge in [0.15, 0.2) is 0 Å². The Morgan fingerprint density at radius 2 is 1.76 bits per heavy atom. The molecule has 0 N–H and O–H groups in total. The van der Waals surface area contributed by atoms with Crippen molar-refractivity contribution in [3.63, 3.8) is 0 Å². The first-order chi connectivity index (χ1) is 11.6. The molecule has 0 radical (unpaired) electrons. The van der Waals surface area contributed by atoms with Crippen LogP contribution in [0.3, 0.4) is 0 Å². The Balaban J connectivity index is 2.01. The maximum Gasteiger partial charge on any atom is 0.227 e. The largest absolute Gasteiger partial charge is 0.438 e. The van der Waals surface area contributed by atoms with Crippen LogP contribution >= 0.6 is 0 Å². The van der Waals surface area contributed by atoms with E-state index >= 15 is 0 Å². The number of fused-ring (bicyclic) bond motifs is 3. The average molecular weight is 336 g/mol. The van der Waals surface area contributed by atoms with Crippen molar-refractivity contribution >= 4 is 27.8 Å². The van der Waals surface area contributed by atoms with E-state index in [1.807, 2.05) is 6.07 Å². The molecule has 3 heteroatoms. The van der Waals surface area contributed by atoms with Crippen LogP contribution in [0.15, 0.2) is 34.9 Å². The summed E-state index contributed by atoms with van der Waals surface area (Å²) >= 11 is 0. The summed E-state index contributed by atoms with van der Waals surface area (Å²) in [6.45, 7) is 16.5. The van der Waals surface area contributed by atoms with Crippen molar-refractivity contribution in [1.29, 1.82) is 0 Å². The lowest BCUT2D eigenvalue weighted by Crippen LogP contribution is -2.52. The van der Waals surface area contributed by atoms with E-state index in [1.54, 1.807) is 6.20 Å². The Hall–Kier alpha value is -2.03. The number of hydrogen-bond donors (Lipinski definition) is 0. The Kier molecular flexibility index (Phi) is 3.14. The zero-order chi connectivity index (χ0) is 18.2. The van der Waals surface area contributed by atoms with E-state index in [4.69, 9.17) is 4.42 Å². The Labute approximate surface area is 150 Å². The van der Waals surface area contributed by atoms with Gasteiger partial charge in [-0.05, 0) is 76.3 Å². The summed E-state index contributed by atoms with van der Waals surface area (Å²) in [5, 5.41) is 2.29. The summed E-state index contributed by atoms with van der Waals surface area (Å²) in [5.74, 6) is 0. The van der Waals surface area contributed by atoms with Gasteiger partial charge in [-0.3, -0.25) is 0 Å². The number of nitrogens with zero attached hydrogens (tertiary/aromatic N) is 2. The summed E-state index contributed by atoms with van der Waals surface area (Å²) < 4.78 is 5.97. The van der Waals surface area contributed by atoms with Crippen LogP contribution in [0, 0.1) is 12.3 Å². The van der Waals surface area contributed by atoms with Crippen LogP contribution < -0.4 is 4.90 Å². The second kappa shape index (κ2) is 4.78. The molecule has 1 aromatic carbocycles. The molecule has 0 aliphatic carbocycles. The third-order valence-electron chi connectivity index (χ3n) is 6.58. The molecule has 0 bridgehead atoms. The predicted molar refractivity (Wildman–Crippen MR) is 105 cm³/mol. The minimum atomic E-state index is 0.0622. The minimum Gasteiger partial charge on any atom is -0.438 e. The minimum absolute atomic E-state index is 0.0622. The van der Waals surface area contributed by atoms with Gasteiger partial charge in [0.1, 0.15) is 5.58 Å². The lowest BCUT2D eigenvalue weighted by Gasteiger charge is -2.46. The van der Waals surface area contributed by atoms with Gasteiger partial charge in [-0.1, -0.05) is 13.8 Å². The van der Waals surface area contributed by atoms with Crippen LogP contribution in [0.4, 0.5) is 5.69 Å². The molecule has 1 fully saturated rings. The fourth-order valence-corrected chi connectivity index (χ4v) is 5.17. The van der Waals surface area contributed by atoms with Crippen molar-refractivity contribution in [3.8, 4) is 0 Å². The molecule has 2 aromatic heterocycles. The number of anilines is 1. The molecule has 1 aliphatic heterocycles. The second-order valence-corrected chi connectivity index (χ2v) is 9.31. The fourth-order valence-electron chi connectivity index (χ4n) is 5.17.